The lowest BCUT2D eigenvalue weighted by Gasteiger charge is -2.33. The minimum absolute atomic E-state index is 0.00947. The van der Waals surface area contributed by atoms with Crippen molar-refractivity contribution in [3.8, 4) is 0 Å². The Morgan fingerprint density at radius 1 is 1.27 bits per heavy atom. The molecular weight excluding hydrogens is 301 g/mol. The smallest absolute Gasteiger partial charge is 0.422 e. The van der Waals surface area contributed by atoms with Crippen LogP contribution in [-0.2, 0) is 9.53 Å². The molecule has 1 fully saturated rings. The summed E-state index contributed by atoms with van der Waals surface area (Å²) in [5.74, 6) is -2.26. The van der Waals surface area contributed by atoms with Gasteiger partial charge in [-0.15, -0.1) is 0 Å². The maximum absolute atomic E-state index is 12.2. The first-order valence-electron chi connectivity index (χ1n) is 6.32. The van der Waals surface area contributed by atoms with Crippen LogP contribution < -0.4 is 10.6 Å². The van der Waals surface area contributed by atoms with Crippen molar-refractivity contribution in [2.24, 2.45) is 5.92 Å². The average molecular weight is 314 g/mol. The van der Waals surface area contributed by atoms with Crippen molar-refractivity contribution in [2.45, 2.75) is 12.2 Å². The zero-order valence-electron chi connectivity index (χ0n) is 11.3. The molecule has 0 bridgehead atoms. The molecule has 2 rings (SSSR count). The number of urea groups is 1. The molecule has 2 atom stereocenters. The Morgan fingerprint density at radius 3 is 2.50 bits per heavy atom. The van der Waals surface area contributed by atoms with Gasteiger partial charge in [-0.05, 0) is 5.56 Å². The number of ether oxygens (including phenoxy) is 1. The van der Waals surface area contributed by atoms with Gasteiger partial charge in [0.2, 0.25) is 0 Å². The summed E-state index contributed by atoms with van der Waals surface area (Å²) in [5, 5.41) is 4.78. The fraction of sp³-hybridized carbons (Fsp3) is 0.286. The van der Waals surface area contributed by atoms with Gasteiger partial charge in [0.15, 0.2) is 6.61 Å². The second-order valence-corrected chi connectivity index (χ2v) is 4.71. The standard InChI is InChI=1S/C14H13F3N2O3/c1-8-10(12(20)22-7-14(15,16)17)11(19-13(21)18-8)9-5-3-2-4-6-9/h2-6,10-11H,1,7H2,(H2,18,19,21). The van der Waals surface area contributed by atoms with E-state index in [0.717, 1.165) is 0 Å². The molecule has 0 saturated carbocycles. The summed E-state index contributed by atoms with van der Waals surface area (Å²) in [4.78, 5) is 23.5. The molecule has 8 heteroatoms. The normalized spacial score (nSPS) is 21.8. The maximum atomic E-state index is 12.2. The molecule has 118 valence electrons. The van der Waals surface area contributed by atoms with Crippen LogP contribution in [0.3, 0.4) is 0 Å². The Morgan fingerprint density at radius 2 is 1.91 bits per heavy atom. The van der Waals surface area contributed by atoms with E-state index in [1.54, 1.807) is 30.3 Å². The highest BCUT2D eigenvalue weighted by Gasteiger charge is 2.40. The molecule has 1 heterocycles. The molecule has 2 unspecified atom stereocenters. The van der Waals surface area contributed by atoms with Crippen molar-refractivity contribution in [3.63, 3.8) is 0 Å². The van der Waals surface area contributed by atoms with Crippen molar-refractivity contribution in [1.29, 1.82) is 0 Å². The van der Waals surface area contributed by atoms with Gasteiger partial charge in [0.25, 0.3) is 0 Å². The molecule has 1 aromatic rings. The summed E-state index contributed by atoms with van der Waals surface area (Å²) in [6.45, 7) is 1.84. The van der Waals surface area contributed by atoms with Crippen molar-refractivity contribution in [1.82, 2.24) is 10.6 Å². The first-order chi connectivity index (χ1) is 10.3. The van der Waals surface area contributed by atoms with Crippen molar-refractivity contribution in [2.75, 3.05) is 6.61 Å². The van der Waals surface area contributed by atoms with Crippen LogP contribution in [0, 0.1) is 5.92 Å². The minimum Gasteiger partial charge on any atom is -0.455 e. The van der Waals surface area contributed by atoms with Gasteiger partial charge in [0, 0.05) is 5.70 Å². The number of carbonyl (C=O) groups is 2. The SMILES string of the molecule is C=C1NC(=O)NC(c2ccccc2)C1C(=O)OCC(F)(F)F. The van der Waals surface area contributed by atoms with E-state index < -0.39 is 36.7 Å². The number of carbonyl (C=O) groups excluding carboxylic acids is 2. The van der Waals surface area contributed by atoms with Crippen molar-refractivity contribution < 1.29 is 27.5 Å². The number of amides is 2. The molecule has 1 saturated heterocycles. The Balaban J connectivity index is 2.22. The lowest BCUT2D eigenvalue weighted by Crippen LogP contribution is -2.51. The van der Waals surface area contributed by atoms with Gasteiger partial charge >= 0.3 is 18.2 Å². The van der Waals surface area contributed by atoms with E-state index in [9.17, 15) is 22.8 Å². The molecule has 0 radical (unpaired) electrons. The zero-order chi connectivity index (χ0) is 16.3. The molecule has 0 aromatic heterocycles. The molecule has 2 amide bonds. The summed E-state index contributed by atoms with van der Waals surface area (Å²) in [7, 11) is 0. The van der Waals surface area contributed by atoms with Crippen LogP contribution in [-0.4, -0.2) is 24.8 Å². The predicted molar refractivity (Wildman–Crippen MR) is 70.5 cm³/mol. The third-order valence-corrected chi connectivity index (χ3v) is 3.06. The van der Waals surface area contributed by atoms with Gasteiger partial charge in [-0.2, -0.15) is 13.2 Å². The molecule has 5 nitrogen and oxygen atoms in total. The quantitative estimate of drug-likeness (QED) is 0.841. The summed E-state index contributed by atoms with van der Waals surface area (Å²) >= 11 is 0. The minimum atomic E-state index is -4.62. The molecule has 1 aromatic carbocycles. The van der Waals surface area contributed by atoms with Gasteiger partial charge in [-0.25, -0.2) is 4.79 Å². The van der Waals surface area contributed by atoms with Crippen LogP contribution in [0.15, 0.2) is 42.6 Å². The van der Waals surface area contributed by atoms with E-state index in [4.69, 9.17) is 0 Å². The van der Waals surface area contributed by atoms with Crippen LogP contribution in [0.1, 0.15) is 11.6 Å². The highest BCUT2D eigenvalue weighted by atomic mass is 19.4. The Labute approximate surface area is 124 Å². The van der Waals surface area contributed by atoms with Crippen molar-refractivity contribution >= 4 is 12.0 Å². The lowest BCUT2D eigenvalue weighted by atomic mass is 9.89. The molecule has 0 spiro atoms. The van der Waals surface area contributed by atoms with Gasteiger partial charge < -0.3 is 15.4 Å². The number of hydrogen-bond acceptors (Lipinski definition) is 3. The number of rotatable bonds is 3. The monoisotopic (exact) mass is 314 g/mol. The first kappa shape index (κ1) is 15.9. The van der Waals surface area contributed by atoms with Gasteiger partial charge in [0.1, 0.15) is 5.92 Å². The van der Waals surface area contributed by atoms with E-state index in [0.29, 0.717) is 5.56 Å². The van der Waals surface area contributed by atoms with Crippen molar-refractivity contribution in [3.05, 3.63) is 48.2 Å². The molecule has 22 heavy (non-hydrogen) atoms. The number of alkyl halides is 3. The molecule has 0 aliphatic carbocycles. The van der Waals surface area contributed by atoms with E-state index in [-0.39, 0.29) is 5.70 Å². The second-order valence-electron chi connectivity index (χ2n) is 4.71. The average Bonchev–Trinajstić information content (AvgIpc) is 2.44. The number of nitrogens with one attached hydrogen (secondary N) is 2. The third kappa shape index (κ3) is 3.78. The number of hydrogen-bond donors (Lipinski definition) is 2. The van der Waals surface area contributed by atoms with Crippen LogP contribution >= 0.6 is 0 Å². The summed E-state index contributed by atoms with van der Waals surface area (Å²) in [6, 6.07) is 6.97. The number of esters is 1. The Bertz CT molecular complexity index is 587. The number of halogens is 3. The van der Waals surface area contributed by atoms with Crippen LogP contribution in [0.25, 0.3) is 0 Å². The summed E-state index contributed by atoms with van der Waals surface area (Å²) in [5.41, 5.74) is 0.553. The van der Waals surface area contributed by atoms with E-state index >= 15 is 0 Å². The fourth-order valence-electron chi connectivity index (χ4n) is 2.14. The van der Waals surface area contributed by atoms with Gasteiger partial charge in [0.05, 0.1) is 6.04 Å². The van der Waals surface area contributed by atoms with E-state index in [1.165, 1.54) is 0 Å². The van der Waals surface area contributed by atoms with Gasteiger partial charge in [-0.1, -0.05) is 36.9 Å². The van der Waals surface area contributed by atoms with Crippen LogP contribution in [0.2, 0.25) is 0 Å². The fourth-order valence-corrected chi connectivity index (χ4v) is 2.14. The van der Waals surface area contributed by atoms with Crippen LogP contribution in [0.4, 0.5) is 18.0 Å². The summed E-state index contributed by atoms with van der Waals surface area (Å²) in [6.07, 6.45) is -4.62. The second kappa shape index (κ2) is 6.08. The largest absolute Gasteiger partial charge is 0.455 e. The summed E-state index contributed by atoms with van der Waals surface area (Å²) < 4.78 is 40.8. The molecule has 1 aliphatic heterocycles. The Kier molecular flexibility index (Phi) is 4.39. The highest BCUT2D eigenvalue weighted by molar-refractivity contribution is 5.85. The maximum Gasteiger partial charge on any atom is 0.422 e. The number of benzene rings is 1. The van der Waals surface area contributed by atoms with Gasteiger partial charge in [-0.3, -0.25) is 4.79 Å². The lowest BCUT2D eigenvalue weighted by molar-refractivity contribution is -0.189. The van der Waals surface area contributed by atoms with E-state index in [1.807, 2.05) is 0 Å². The molecule has 2 N–H and O–H groups in total. The predicted octanol–water partition coefficient (Wildman–Crippen LogP) is 2.28. The topological polar surface area (TPSA) is 67.4 Å². The Hall–Kier alpha value is -2.51. The van der Waals surface area contributed by atoms with E-state index in [2.05, 4.69) is 21.9 Å². The van der Waals surface area contributed by atoms with Crippen LogP contribution in [0.5, 0.6) is 0 Å². The first-order valence-corrected chi connectivity index (χ1v) is 6.32. The zero-order valence-corrected chi connectivity index (χ0v) is 11.3. The molecular formula is C14H13F3N2O3. The molecule has 1 aliphatic rings. The highest BCUT2D eigenvalue weighted by Crippen LogP contribution is 2.30. The third-order valence-electron chi connectivity index (χ3n) is 3.06.